The summed E-state index contributed by atoms with van der Waals surface area (Å²) in [6.07, 6.45) is 1.45. The molecule has 19 heavy (non-hydrogen) atoms. The third-order valence-corrected chi connectivity index (χ3v) is 4.64. The first-order valence-electron chi connectivity index (χ1n) is 6.30. The van der Waals surface area contributed by atoms with Gasteiger partial charge in [-0.25, -0.2) is 0 Å². The second-order valence-electron chi connectivity index (χ2n) is 4.60. The van der Waals surface area contributed by atoms with Crippen molar-refractivity contribution >= 4 is 16.7 Å². The van der Waals surface area contributed by atoms with Gasteiger partial charge in [0.05, 0.1) is 6.07 Å². The van der Waals surface area contributed by atoms with E-state index in [0.29, 0.717) is 17.1 Å². The number of benzene rings is 1. The van der Waals surface area contributed by atoms with Gasteiger partial charge in [0, 0.05) is 28.3 Å². The maximum atomic E-state index is 12.1. The third-order valence-electron chi connectivity index (χ3n) is 3.26. The van der Waals surface area contributed by atoms with Crippen LogP contribution in [-0.2, 0) is 15.6 Å². The maximum Gasteiger partial charge on any atom is 0.242 e. The van der Waals surface area contributed by atoms with Crippen molar-refractivity contribution in [3.8, 4) is 6.07 Å². The Bertz CT molecular complexity index is 500. The van der Waals surface area contributed by atoms with E-state index in [9.17, 15) is 9.00 Å². The van der Waals surface area contributed by atoms with Crippen molar-refractivity contribution in [1.82, 2.24) is 5.32 Å². The fourth-order valence-corrected chi connectivity index (χ4v) is 3.45. The minimum Gasteiger partial charge on any atom is -0.352 e. The Morgan fingerprint density at radius 1 is 1.32 bits per heavy atom. The summed E-state index contributed by atoms with van der Waals surface area (Å²) in [6.45, 7) is 0. The van der Waals surface area contributed by atoms with E-state index in [1.54, 1.807) is 12.1 Å². The lowest BCUT2D eigenvalue weighted by molar-refractivity contribution is -0.122. The average molecular weight is 276 g/mol. The van der Waals surface area contributed by atoms with E-state index in [1.165, 1.54) is 0 Å². The first-order chi connectivity index (χ1) is 9.20. The second-order valence-corrected chi connectivity index (χ2v) is 6.30. The smallest absolute Gasteiger partial charge is 0.242 e. The summed E-state index contributed by atoms with van der Waals surface area (Å²) in [4.78, 5) is 12.1. The van der Waals surface area contributed by atoms with Gasteiger partial charge in [0.2, 0.25) is 5.91 Å². The molecule has 100 valence electrons. The van der Waals surface area contributed by atoms with Crippen LogP contribution in [0.4, 0.5) is 0 Å². The molecule has 2 rings (SSSR count). The summed E-state index contributed by atoms with van der Waals surface area (Å²) in [7, 11) is -0.741. The first-order valence-corrected chi connectivity index (χ1v) is 7.79. The molecule has 0 saturated carbocycles. The lowest BCUT2D eigenvalue weighted by Gasteiger charge is -2.23. The number of carbonyl (C=O) groups is 1. The van der Waals surface area contributed by atoms with Gasteiger partial charge in [-0.1, -0.05) is 30.3 Å². The van der Waals surface area contributed by atoms with Crippen molar-refractivity contribution in [2.75, 3.05) is 11.5 Å². The van der Waals surface area contributed by atoms with E-state index in [-0.39, 0.29) is 11.9 Å². The van der Waals surface area contributed by atoms with Crippen molar-refractivity contribution in [3.05, 3.63) is 35.9 Å². The summed E-state index contributed by atoms with van der Waals surface area (Å²) < 4.78 is 11.3. The monoisotopic (exact) mass is 276 g/mol. The van der Waals surface area contributed by atoms with Crippen molar-refractivity contribution in [1.29, 1.82) is 5.26 Å². The number of nitriles is 1. The number of nitrogens with one attached hydrogen (secondary N) is 1. The molecule has 1 atom stereocenters. The predicted molar refractivity (Wildman–Crippen MR) is 73.8 cm³/mol. The molecule has 1 heterocycles. The minimum atomic E-state index is -0.770. The standard InChI is InChI=1S/C14H16N2O2S/c15-10-13(11-4-2-1-3-5-11)14(17)16-12-6-8-19(18)9-7-12/h1-5,12-13H,6-9H2,(H,16,17). The molecule has 1 N–H and O–H groups in total. The summed E-state index contributed by atoms with van der Waals surface area (Å²) >= 11 is 0. The molecular formula is C14H16N2O2S. The van der Waals surface area contributed by atoms with Crippen LogP contribution in [-0.4, -0.2) is 27.7 Å². The minimum absolute atomic E-state index is 0.0461. The molecule has 0 spiro atoms. The Kier molecular flexibility index (Phi) is 4.69. The van der Waals surface area contributed by atoms with Gasteiger partial charge >= 0.3 is 0 Å². The molecule has 1 aromatic rings. The highest BCUT2D eigenvalue weighted by Gasteiger charge is 2.25. The number of amides is 1. The van der Waals surface area contributed by atoms with Gasteiger partial charge < -0.3 is 5.32 Å². The summed E-state index contributed by atoms with van der Waals surface area (Å²) in [6, 6.07) is 11.1. The molecular weight excluding hydrogens is 260 g/mol. The Morgan fingerprint density at radius 2 is 1.95 bits per heavy atom. The zero-order chi connectivity index (χ0) is 13.7. The maximum absolute atomic E-state index is 12.1. The molecule has 1 aliphatic heterocycles. The summed E-state index contributed by atoms with van der Waals surface area (Å²) in [5.41, 5.74) is 0.710. The van der Waals surface area contributed by atoms with Crippen LogP contribution in [0.2, 0.25) is 0 Å². The second kappa shape index (κ2) is 6.48. The Hall–Kier alpha value is -1.67. The molecule has 0 radical (unpaired) electrons. The van der Waals surface area contributed by atoms with Crippen LogP contribution in [0.1, 0.15) is 24.3 Å². The molecule has 1 aromatic carbocycles. The van der Waals surface area contributed by atoms with Crippen LogP contribution in [0.5, 0.6) is 0 Å². The van der Waals surface area contributed by atoms with E-state index in [0.717, 1.165) is 12.8 Å². The zero-order valence-corrected chi connectivity index (χ0v) is 11.4. The number of hydrogen-bond donors (Lipinski definition) is 1. The summed E-state index contributed by atoms with van der Waals surface area (Å²) in [5, 5.41) is 12.1. The molecule has 0 aromatic heterocycles. The SMILES string of the molecule is N#CC(C(=O)NC1CCS(=O)CC1)c1ccccc1. The van der Waals surface area contributed by atoms with Crippen molar-refractivity contribution in [3.63, 3.8) is 0 Å². The Morgan fingerprint density at radius 3 is 2.53 bits per heavy atom. The molecule has 0 bridgehead atoms. The molecule has 1 amide bonds. The molecule has 4 nitrogen and oxygen atoms in total. The Labute approximate surface area is 115 Å². The topological polar surface area (TPSA) is 70.0 Å². The molecule has 1 unspecified atom stereocenters. The van der Waals surface area contributed by atoms with Crippen LogP contribution >= 0.6 is 0 Å². The lowest BCUT2D eigenvalue weighted by Crippen LogP contribution is -2.41. The van der Waals surface area contributed by atoms with E-state index in [4.69, 9.17) is 5.26 Å². The molecule has 1 saturated heterocycles. The fraction of sp³-hybridized carbons (Fsp3) is 0.429. The first kappa shape index (κ1) is 13.8. The van der Waals surface area contributed by atoms with Crippen molar-refractivity contribution in [2.24, 2.45) is 0 Å². The van der Waals surface area contributed by atoms with Crippen LogP contribution in [0, 0.1) is 11.3 Å². The quantitative estimate of drug-likeness (QED) is 0.905. The van der Waals surface area contributed by atoms with Crippen LogP contribution < -0.4 is 5.32 Å². The van der Waals surface area contributed by atoms with Gasteiger partial charge in [-0.3, -0.25) is 9.00 Å². The number of rotatable bonds is 3. The number of hydrogen-bond acceptors (Lipinski definition) is 3. The molecule has 0 aliphatic carbocycles. The van der Waals surface area contributed by atoms with Gasteiger partial charge in [0.25, 0.3) is 0 Å². The van der Waals surface area contributed by atoms with Crippen LogP contribution in [0.3, 0.4) is 0 Å². The number of carbonyl (C=O) groups excluding carboxylic acids is 1. The average Bonchev–Trinajstić information content (AvgIpc) is 2.43. The van der Waals surface area contributed by atoms with Crippen molar-refractivity contribution in [2.45, 2.75) is 24.8 Å². The van der Waals surface area contributed by atoms with E-state index >= 15 is 0 Å². The van der Waals surface area contributed by atoms with E-state index in [1.807, 2.05) is 24.3 Å². The van der Waals surface area contributed by atoms with Crippen LogP contribution in [0.25, 0.3) is 0 Å². The Balaban J connectivity index is 1.98. The van der Waals surface area contributed by atoms with Gasteiger partial charge in [0.15, 0.2) is 0 Å². The molecule has 1 aliphatic rings. The van der Waals surface area contributed by atoms with E-state index < -0.39 is 16.7 Å². The normalized spacial score (nSPS) is 24.2. The predicted octanol–water partition coefficient (Wildman–Crippen LogP) is 1.32. The third kappa shape index (κ3) is 3.65. The highest BCUT2D eigenvalue weighted by Crippen LogP contribution is 2.16. The molecule has 1 fully saturated rings. The highest BCUT2D eigenvalue weighted by molar-refractivity contribution is 7.85. The van der Waals surface area contributed by atoms with Gasteiger partial charge in [-0.15, -0.1) is 0 Å². The molecule has 5 heteroatoms. The van der Waals surface area contributed by atoms with Crippen LogP contribution in [0.15, 0.2) is 30.3 Å². The van der Waals surface area contributed by atoms with E-state index in [2.05, 4.69) is 5.32 Å². The van der Waals surface area contributed by atoms with Crippen molar-refractivity contribution < 1.29 is 9.00 Å². The van der Waals surface area contributed by atoms with Gasteiger partial charge in [-0.05, 0) is 18.4 Å². The van der Waals surface area contributed by atoms with Gasteiger partial charge in [0.1, 0.15) is 5.92 Å². The lowest BCUT2D eigenvalue weighted by atomic mass is 9.99. The highest BCUT2D eigenvalue weighted by atomic mass is 32.2. The van der Waals surface area contributed by atoms with Gasteiger partial charge in [-0.2, -0.15) is 5.26 Å². The number of nitrogens with zero attached hydrogens (tertiary/aromatic N) is 1. The largest absolute Gasteiger partial charge is 0.352 e. The fourth-order valence-electron chi connectivity index (χ4n) is 2.15. The summed E-state index contributed by atoms with van der Waals surface area (Å²) in [5.74, 6) is 0.237. The zero-order valence-electron chi connectivity index (χ0n) is 10.5.